The zero-order valence-electron chi connectivity index (χ0n) is 16.6. The Hall–Kier alpha value is -2.18. The van der Waals surface area contributed by atoms with Crippen LogP contribution in [0.15, 0.2) is 53.4 Å². The van der Waals surface area contributed by atoms with Crippen LogP contribution in [0.5, 0.6) is 0 Å². The largest absolute Gasteiger partial charge is 0.341 e. The van der Waals surface area contributed by atoms with Crippen molar-refractivity contribution in [3.05, 3.63) is 65.2 Å². The number of benzene rings is 2. The zero-order valence-corrected chi connectivity index (χ0v) is 17.4. The molecule has 1 amide bonds. The summed E-state index contributed by atoms with van der Waals surface area (Å²) in [5, 5.41) is 0. The van der Waals surface area contributed by atoms with Crippen molar-refractivity contribution >= 4 is 15.9 Å². The SMILES string of the molecule is Cc1ccccc1CN(C)C(=O)Cc1ccc(S(=O)(=O)N2CCCCC2)cc1. The number of rotatable bonds is 6. The van der Waals surface area contributed by atoms with E-state index in [0.717, 1.165) is 36.0 Å². The third kappa shape index (κ3) is 4.80. The van der Waals surface area contributed by atoms with Crippen molar-refractivity contribution in [3.8, 4) is 0 Å². The van der Waals surface area contributed by atoms with Gasteiger partial charge in [-0.15, -0.1) is 0 Å². The van der Waals surface area contributed by atoms with Crippen LogP contribution in [0.4, 0.5) is 0 Å². The average molecular weight is 401 g/mol. The van der Waals surface area contributed by atoms with E-state index in [4.69, 9.17) is 0 Å². The van der Waals surface area contributed by atoms with Gasteiger partial charge in [0, 0.05) is 26.7 Å². The molecule has 0 aliphatic carbocycles. The van der Waals surface area contributed by atoms with Crippen LogP contribution < -0.4 is 0 Å². The Morgan fingerprint density at radius 1 is 1.00 bits per heavy atom. The lowest BCUT2D eigenvalue weighted by Gasteiger charge is -2.26. The summed E-state index contributed by atoms with van der Waals surface area (Å²) in [5.41, 5.74) is 3.11. The summed E-state index contributed by atoms with van der Waals surface area (Å²) < 4.78 is 27.0. The van der Waals surface area contributed by atoms with E-state index >= 15 is 0 Å². The molecule has 0 atom stereocenters. The number of carbonyl (C=O) groups is 1. The molecule has 150 valence electrons. The summed E-state index contributed by atoms with van der Waals surface area (Å²) >= 11 is 0. The van der Waals surface area contributed by atoms with E-state index in [1.807, 2.05) is 31.2 Å². The normalized spacial score (nSPS) is 15.4. The minimum atomic E-state index is -3.43. The second-order valence-electron chi connectivity index (χ2n) is 7.46. The first-order valence-corrected chi connectivity index (χ1v) is 11.2. The molecule has 0 radical (unpaired) electrons. The molecule has 28 heavy (non-hydrogen) atoms. The maximum atomic E-state index is 12.7. The van der Waals surface area contributed by atoms with Gasteiger partial charge in [0.15, 0.2) is 0 Å². The Bertz CT molecular complexity index is 917. The molecule has 6 heteroatoms. The minimum absolute atomic E-state index is 0.00916. The van der Waals surface area contributed by atoms with Gasteiger partial charge in [-0.2, -0.15) is 4.31 Å². The van der Waals surface area contributed by atoms with Gasteiger partial charge in [-0.25, -0.2) is 8.42 Å². The highest BCUT2D eigenvalue weighted by Gasteiger charge is 2.25. The highest BCUT2D eigenvalue weighted by atomic mass is 32.2. The molecule has 1 heterocycles. The molecular formula is C22H28N2O3S. The maximum absolute atomic E-state index is 12.7. The molecule has 0 saturated carbocycles. The molecule has 1 fully saturated rings. The molecule has 3 rings (SSSR count). The van der Waals surface area contributed by atoms with Crippen molar-refractivity contribution in [2.45, 2.75) is 44.0 Å². The van der Waals surface area contributed by atoms with E-state index < -0.39 is 10.0 Å². The Kier molecular flexibility index (Phi) is 6.52. The first-order valence-electron chi connectivity index (χ1n) is 9.75. The molecule has 1 saturated heterocycles. The van der Waals surface area contributed by atoms with Crippen LogP contribution in [0.25, 0.3) is 0 Å². The lowest BCUT2D eigenvalue weighted by atomic mass is 10.1. The third-order valence-electron chi connectivity index (χ3n) is 5.33. The number of aryl methyl sites for hydroxylation is 1. The fraction of sp³-hybridized carbons (Fsp3) is 0.409. The van der Waals surface area contributed by atoms with Crippen molar-refractivity contribution in [1.82, 2.24) is 9.21 Å². The second-order valence-corrected chi connectivity index (χ2v) is 9.40. The lowest BCUT2D eigenvalue weighted by Crippen LogP contribution is -2.35. The molecule has 0 unspecified atom stereocenters. The van der Waals surface area contributed by atoms with Crippen LogP contribution >= 0.6 is 0 Å². The van der Waals surface area contributed by atoms with Gasteiger partial charge in [0.1, 0.15) is 0 Å². The minimum Gasteiger partial charge on any atom is -0.341 e. The summed E-state index contributed by atoms with van der Waals surface area (Å²) in [7, 11) is -1.64. The molecule has 0 N–H and O–H groups in total. The molecule has 1 aliphatic heterocycles. The van der Waals surface area contributed by atoms with E-state index in [1.54, 1.807) is 40.5 Å². The molecule has 0 aromatic heterocycles. The fourth-order valence-electron chi connectivity index (χ4n) is 3.47. The van der Waals surface area contributed by atoms with Crippen LogP contribution in [0.1, 0.15) is 36.0 Å². The van der Waals surface area contributed by atoms with Crippen LogP contribution in [0, 0.1) is 6.92 Å². The van der Waals surface area contributed by atoms with Gasteiger partial charge >= 0.3 is 0 Å². The summed E-state index contributed by atoms with van der Waals surface area (Å²) in [6, 6.07) is 14.8. The highest BCUT2D eigenvalue weighted by molar-refractivity contribution is 7.89. The van der Waals surface area contributed by atoms with E-state index in [1.165, 1.54) is 0 Å². The summed E-state index contributed by atoms with van der Waals surface area (Å²) in [4.78, 5) is 14.6. The first-order chi connectivity index (χ1) is 13.4. The van der Waals surface area contributed by atoms with Crippen LogP contribution in [0.3, 0.4) is 0 Å². The number of hydrogen-bond donors (Lipinski definition) is 0. The monoisotopic (exact) mass is 400 g/mol. The predicted octanol–water partition coefficient (Wildman–Crippen LogP) is 3.37. The molecule has 1 aliphatic rings. The van der Waals surface area contributed by atoms with Crippen molar-refractivity contribution in [2.75, 3.05) is 20.1 Å². The van der Waals surface area contributed by atoms with Gasteiger partial charge < -0.3 is 4.90 Å². The Morgan fingerprint density at radius 3 is 2.29 bits per heavy atom. The number of nitrogens with zero attached hydrogens (tertiary/aromatic N) is 2. The zero-order chi connectivity index (χ0) is 20.1. The van der Waals surface area contributed by atoms with Crippen molar-refractivity contribution in [1.29, 1.82) is 0 Å². The molecule has 0 spiro atoms. The fourth-order valence-corrected chi connectivity index (χ4v) is 4.99. The molecule has 2 aromatic rings. The second kappa shape index (κ2) is 8.88. The van der Waals surface area contributed by atoms with Crippen molar-refractivity contribution < 1.29 is 13.2 Å². The summed E-state index contributed by atoms with van der Waals surface area (Å²) in [6.07, 6.45) is 3.17. The number of sulfonamides is 1. The predicted molar refractivity (Wildman–Crippen MR) is 110 cm³/mol. The molecule has 0 bridgehead atoms. The first kappa shape index (κ1) is 20.6. The van der Waals surface area contributed by atoms with Crippen LogP contribution in [0.2, 0.25) is 0 Å². The van der Waals surface area contributed by atoms with Gasteiger partial charge in [0.25, 0.3) is 0 Å². The van der Waals surface area contributed by atoms with Gasteiger partial charge in [0.2, 0.25) is 15.9 Å². The third-order valence-corrected chi connectivity index (χ3v) is 7.24. The summed E-state index contributed by atoms with van der Waals surface area (Å²) in [6.45, 7) is 3.78. The topological polar surface area (TPSA) is 57.7 Å². The number of carbonyl (C=O) groups excluding carboxylic acids is 1. The Morgan fingerprint density at radius 2 is 1.64 bits per heavy atom. The van der Waals surface area contributed by atoms with Gasteiger partial charge in [-0.1, -0.05) is 42.8 Å². The highest BCUT2D eigenvalue weighted by Crippen LogP contribution is 2.21. The Balaban J connectivity index is 1.63. The molecular weight excluding hydrogens is 372 g/mol. The number of hydrogen-bond acceptors (Lipinski definition) is 3. The quantitative estimate of drug-likeness (QED) is 0.747. The van der Waals surface area contributed by atoms with Crippen LogP contribution in [-0.2, 0) is 27.8 Å². The van der Waals surface area contributed by atoms with Gasteiger partial charge in [-0.3, -0.25) is 4.79 Å². The van der Waals surface area contributed by atoms with E-state index in [0.29, 0.717) is 24.5 Å². The van der Waals surface area contributed by atoms with E-state index in [9.17, 15) is 13.2 Å². The standard InChI is InChI=1S/C22H28N2O3S/c1-18-8-4-5-9-20(18)17-23(2)22(25)16-19-10-12-21(13-11-19)28(26,27)24-14-6-3-7-15-24/h4-5,8-13H,3,6-7,14-17H2,1-2H3. The number of likely N-dealkylation sites (N-methyl/N-ethyl adjacent to an activating group) is 1. The number of piperidine rings is 1. The smallest absolute Gasteiger partial charge is 0.243 e. The summed E-state index contributed by atoms with van der Waals surface area (Å²) in [5.74, 6) is 0.00916. The van der Waals surface area contributed by atoms with Gasteiger partial charge in [0.05, 0.1) is 11.3 Å². The average Bonchev–Trinajstić information content (AvgIpc) is 2.70. The van der Waals surface area contributed by atoms with Crippen molar-refractivity contribution in [3.63, 3.8) is 0 Å². The molecule has 5 nitrogen and oxygen atoms in total. The van der Waals surface area contributed by atoms with Gasteiger partial charge in [-0.05, 0) is 48.6 Å². The van der Waals surface area contributed by atoms with E-state index in [-0.39, 0.29) is 12.3 Å². The maximum Gasteiger partial charge on any atom is 0.243 e. The van der Waals surface area contributed by atoms with Crippen molar-refractivity contribution in [2.24, 2.45) is 0 Å². The van der Waals surface area contributed by atoms with Crippen LogP contribution in [-0.4, -0.2) is 43.7 Å². The Labute approximate surface area is 168 Å². The lowest BCUT2D eigenvalue weighted by molar-refractivity contribution is -0.129. The number of amides is 1. The van der Waals surface area contributed by atoms with E-state index in [2.05, 4.69) is 0 Å². The molecule has 2 aromatic carbocycles.